The van der Waals surface area contributed by atoms with Crippen LogP contribution in [0, 0.1) is 11.8 Å². The number of nitrogens with zero attached hydrogens (tertiary/aromatic N) is 4. The van der Waals surface area contributed by atoms with Gasteiger partial charge in [-0.3, -0.25) is 0 Å². The van der Waals surface area contributed by atoms with E-state index < -0.39 is 0 Å². The van der Waals surface area contributed by atoms with Crippen molar-refractivity contribution in [2.24, 2.45) is 0 Å². The summed E-state index contributed by atoms with van der Waals surface area (Å²) in [5, 5.41) is 5.48. The fourth-order valence-corrected chi connectivity index (χ4v) is 5.40. The molecule has 0 bridgehead atoms. The summed E-state index contributed by atoms with van der Waals surface area (Å²) in [6.07, 6.45) is 2.10. The van der Waals surface area contributed by atoms with Gasteiger partial charge in [-0.2, -0.15) is 0 Å². The van der Waals surface area contributed by atoms with Crippen molar-refractivity contribution in [3.63, 3.8) is 0 Å². The average molecular weight is 526 g/mol. The maximum absolute atomic E-state index is 12.0. The molecule has 0 radical (unpaired) electrons. The number of anilines is 3. The predicted molar refractivity (Wildman–Crippen MR) is 154 cm³/mol. The fraction of sp³-hybridized carbons (Fsp3) is 0.300. The number of benzene rings is 2. The molecular weight excluding hydrogens is 494 g/mol. The smallest absolute Gasteiger partial charge is 0.338 e. The van der Waals surface area contributed by atoms with E-state index in [2.05, 4.69) is 68.1 Å². The topological polar surface area (TPSA) is 70.6 Å². The molecular formula is C30H31N5O2S. The van der Waals surface area contributed by atoms with Crippen LogP contribution in [-0.2, 0) is 11.2 Å². The van der Waals surface area contributed by atoms with Crippen molar-refractivity contribution in [1.29, 1.82) is 0 Å². The van der Waals surface area contributed by atoms with Gasteiger partial charge < -0.3 is 19.9 Å². The van der Waals surface area contributed by atoms with Gasteiger partial charge in [0, 0.05) is 49.4 Å². The molecule has 1 N–H and O–H groups in total. The van der Waals surface area contributed by atoms with Crippen molar-refractivity contribution < 1.29 is 9.53 Å². The zero-order valence-electron chi connectivity index (χ0n) is 21.7. The van der Waals surface area contributed by atoms with Crippen LogP contribution in [0.1, 0.15) is 35.3 Å². The standard InChI is InChI=1S/C30H31N5O2S/c1-3-34-15-17-35(18-16-34)26-13-11-25(12-14-26)33-29-28-27(31-21-32-29)24(20-38-28)10-6-8-22-7-5-9-23(19-22)30(36)37-4-2/h5,7,9,11-14,19-21H,3-4,8,15-18H2,1-2H3,(H,31,32,33). The van der Waals surface area contributed by atoms with Crippen molar-refractivity contribution >= 4 is 44.7 Å². The van der Waals surface area contributed by atoms with E-state index in [1.807, 2.05) is 23.6 Å². The summed E-state index contributed by atoms with van der Waals surface area (Å²) in [4.78, 5) is 25.9. The van der Waals surface area contributed by atoms with Crippen molar-refractivity contribution in [2.45, 2.75) is 20.3 Å². The number of esters is 1. The number of carbonyl (C=O) groups is 1. The van der Waals surface area contributed by atoms with Gasteiger partial charge in [-0.05, 0) is 55.4 Å². The quantitative estimate of drug-likeness (QED) is 0.258. The van der Waals surface area contributed by atoms with Crippen molar-refractivity contribution in [3.8, 4) is 11.8 Å². The Kier molecular flexibility index (Phi) is 8.17. The third kappa shape index (κ3) is 5.96. The normalized spacial score (nSPS) is 13.7. The van der Waals surface area contributed by atoms with Gasteiger partial charge in [0.2, 0.25) is 0 Å². The molecule has 1 aliphatic heterocycles. The molecule has 1 fully saturated rings. The first-order valence-corrected chi connectivity index (χ1v) is 13.8. The minimum absolute atomic E-state index is 0.313. The second-order valence-corrected chi connectivity index (χ2v) is 9.92. The van der Waals surface area contributed by atoms with Gasteiger partial charge in [0.1, 0.15) is 11.8 Å². The Bertz CT molecular complexity index is 1460. The largest absolute Gasteiger partial charge is 0.462 e. The van der Waals surface area contributed by atoms with Gasteiger partial charge in [0.05, 0.1) is 22.4 Å². The number of hydrogen-bond acceptors (Lipinski definition) is 8. The molecule has 8 heteroatoms. The number of carbonyl (C=O) groups excluding carboxylic acids is 1. The summed E-state index contributed by atoms with van der Waals surface area (Å²) in [5.74, 6) is 6.94. The number of piperazine rings is 1. The average Bonchev–Trinajstić information content (AvgIpc) is 3.38. The molecule has 1 aliphatic rings. The molecule has 0 spiro atoms. The highest BCUT2D eigenvalue weighted by Gasteiger charge is 2.16. The molecule has 194 valence electrons. The maximum Gasteiger partial charge on any atom is 0.338 e. The van der Waals surface area contributed by atoms with Gasteiger partial charge in [0.15, 0.2) is 5.82 Å². The first-order valence-electron chi connectivity index (χ1n) is 13.0. The summed E-state index contributed by atoms with van der Waals surface area (Å²) >= 11 is 1.58. The van der Waals surface area contributed by atoms with Gasteiger partial charge in [-0.15, -0.1) is 11.3 Å². The van der Waals surface area contributed by atoms with Crippen LogP contribution in [0.3, 0.4) is 0 Å². The zero-order chi connectivity index (χ0) is 26.3. The zero-order valence-corrected chi connectivity index (χ0v) is 22.6. The minimum atomic E-state index is -0.313. The molecule has 2 aromatic heterocycles. The SMILES string of the molecule is CCOC(=O)c1cccc(CC#Cc2csc3c(Nc4ccc(N5CCN(CC)CC5)cc4)ncnc23)c1. The molecule has 38 heavy (non-hydrogen) atoms. The van der Waals surface area contributed by atoms with E-state index in [4.69, 9.17) is 4.74 Å². The number of ether oxygens (including phenoxy) is 1. The van der Waals surface area contributed by atoms with E-state index in [1.165, 1.54) is 5.69 Å². The van der Waals surface area contributed by atoms with E-state index >= 15 is 0 Å². The van der Waals surface area contributed by atoms with Gasteiger partial charge in [0.25, 0.3) is 0 Å². The van der Waals surface area contributed by atoms with Crippen molar-refractivity contribution in [1.82, 2.24) is 14.9 Å². The monoisotopic (exact) mass is 525 g/mol. The lowest BCUT2D eigenvalue weighted by atomic mass is 10.1. The minimum Gasteiger partial charge on any atom is -0.462 e. The van der Waals surface area contributed by atoms with E-state index in [9.17, 15) is 4.79 Å². The summed E-state index contributed by atoms with van der Waals surface area (Å²) in [7, 11) is 0. The van der Waals surface area contributed by atoms with Crippen molar-refractivity contribution in [3.05, 3.63) is 76.9 Å². The molecule has 5 rings (SSSR count). The second-order valence-electron chi connectivity index (χ2n) is 9.04. The molecule has 0 atom stereocenters. The predicted octanol–water partition coefficient (Wildman–Crippen LogP) is 5.35. The molecule has 1 saturated heterocycles. The van der Waals surface area contributed by atoms with Crippen LogP contribution in [0.15, 0.2) is 60.2 Å². The maximum atomic E-state index is 12.0. The number of likely N-dealkylation sites (N-methyl/N-ethyl adjacent to an activating group) is 1. The molecule has 0 unspecified atom stereocenters. The first-order chi connectivity index (χ1) is 18.6. The van der Waals surface area contributed by atoms with Crippen LogP contribution in [0.25, 0.3) is 10.2 Å². The number of thiophene rings is 1. The van der Waals surface area contributed by atoms with Crippen LogP contribution in [-0.4, -0.2) is 60.2 Å². The lowest BCUT2D eigenvalue weighted by Crippen LogP contribution is -2.46. The number of hydrogen-bond donors (Lipinski definition) is 1. The molecule has 0 saturated carbocycles. The fourth-order valence-electron chi connectivity index (χ4n) is 4.51. The molecule has 2 aromatic carbocycles. The number of fused-ring (bicyclic) bond motifs is 1. The van der Waals surface area contributed by atoms with E-state index in [0.29, 0.717) is 18.6 Å². The highest BCUT2D eigenvalue weighted by molar-refractivity contribution is 7.18. The molecule has 0 amide bonds. The lowest BCUT2D eigenvalue weighted by molar-refractivity contribution is 0.0526. The van der Waals surface area contributed by atoms with E-state index in [-0.39, 0.29) is 5.97 Å². The van der Waals surface area contributed by atoms with Crippen LogP contribution in [0.2, 0.25) is 0 Å². The third-order valence-corrected chi connectivity index (χ3v) is 7.60. The molecule has 4 aromatic rings. The molecule has 0 aliphatic carbocycles. The Morgan fingerprint density at radius 2 is 1.89 bits per heavy atom. The summed E-state index contributed by atoms with van der Waals surface area (Å²) in [6.45, 7) is 9.83. The Labute approximate surface area is 227 Å². The van der Waals surface area contributed by atoms with Crippen LogP contribution in [0.4, 0.5) is 17.2 Å². The lowest BCUT2D eigenvalue weighted by Gasteiger charge is -2.35. The van der Waals surface area contributed by atoms with Gasteiger partial charge in [-0.25, -0.2) is 14.8 Å². The summed E-state index contributed by atoms with van der Waals surface area (Å²) in [5.41, 5.74) is 5.46. The van der Waals surface area contributed by atoms with E-state index in [0.717, 1.165) is 65.6 Å². The van der Waals surface area contributed by atoms with Crippen LogP contribution >= 0.6 is 11.3 Å². The Morgan fingerprint density at radius 1 is 1.08 bits per heavy atom. The summed E-state index contributed by atoms with van der Waals surface area (Å²) in [6, 6.07) is 16.0. The Hall–Kier alpha value is -3.93. The Balaban J connectivity index is 1.26. The van der Waals surface area contributed by atoms with E-state index in [1.54, 1.807) is 30.7 Å². The highest BCUT2D eigenvalue weighted by atomic mass is 32.1. The number of rotatable bonds is 7. The first kappa shape index (κ1) is 25.7. The molecule has 3 heterocycles. The van der Waals surface area contributed by atoms with Crippen molar-refractivity contribution in [2.75, 3.05) is 49.5 Å². The van der Waals surface area contributed by atoms with Crippen LogP contribution < -0.4 is 10.2 Å². The third-order valence-electron chi connectivity index (χ3n) is 6.62. The Morgan fingerprint density at radius 3 is 2.66 bits per heavy atom. The van der Waals surface area contributed by atoms with Gasteiger partial charge >= 0.3 is 5.97 Å². The number of aromatic nitrogens is 2. The second kappa shape index (κ2) is 12.1. The van der Waals surface area contributed by atoms with Crippen LogP contribution in [0.5, 0.6) is 0 Å². The van der Waals surface area contributed by atoms with Gasteiger partial charge in [-0.1, -0.05) is 30.9 Å². The number of nitrogens with one attached hydrogen (secondary N) is 1. The highest BCUT2D eigenvalue weighted by Crippen LogP contribution is 2.31. The molecule has 7 nitrogen and oxygen atoms in total. The summed E-state index contributed by atoms with van der Waals surface area (Å²) < 4.78 is 6.06.